The van der Waals surface area contributed by atoms with Crippen molar-refractivity contribution >= 4 is 23.3 Å². The van der Waals surface area contributed by atoms with Gasteiger partial charge < -0.3 is 10.2 Å². The second-order valence-electron chi connectivity index (χ2n) is 5.38. The van der Waals surface area contributed by atoms with E-state index in [0.717, 1.165) is 17.1 Å². The third kappa shape index (κ3) is 4.82. The van der Waals surface area contributed by atoms with E-state index in [1.54, 1.807) is 17.5 Å². The highest BCUT2D eigenvalue weighted by atomic mass is 32.1. The van der Waals surface area contributed by atoms with E-state index in [2.05, 4.69) is 14.9 Å². The number of carbonyl (C=O) groups excluding carboxylic acids is 2. The number of amides is 2. The fraction of sp³-hybridized carbons (Fsp3) is 0.375. The minimum absolute atomic E-state index is 0.0629. The molecule has 24 heavy (non-hydrogen) atoms. The van der Waals surface area contributed by atoms with Crippen LogP contribution in [0.5, 0.6) is 0 Å². The maximum atomic E-state index is 12.9. The van der Waals surface area contributed by atoms with Gasteiger partial charge in [0.05, 0.1) is 0 Å². The van der Waals surface area contributed by atoms with Crippen LogP contribution in [-0.4, -0.2) is 38.9 Å². The van der Waals surface area contributed by atoms with Gasteiger partial charge in [-0.15, -0.1) is 5.10 Å². The van der Waals surface area contributed by atoms with Gasteiger partial charge in [-0.2, -0.15) is 0 Å². The second-order valence-corrected chi connectivity index (χ2v) is 5.99. The monoisotopic (exact) mass is 350 g/mol. The number of halogens is 1. The van der Waals surface area contributed by atoms with E-state index in [4.69, 9.17) is 0 Å². The molecule has 0 saturated heterocycles. The summed E-state index contributed by atoms with van der Waals surface area (Å²) in [5.41, 5.74) is 1.03. The van der Waals surface area contributed by atoms with E-state index in [9.17, 15) is 14.0 Å². The fourth-order valence-electron chi connectivity index (χ4n) is 2.07. The molecule has 1 atom stereocenters. The van der Waals surface area contributed by atoms with Crippen LogP contribution in [0.25, 0.3) is 0 Å². The zero-order valence-corrected chi connectivity index (χ0v) is 14.3. The van der Waals surface area contributed by atoms with Crippen LogP contribution in [0.3, 0.4) is 0 Å². The molecule has 8 heteroatoms. The Labute approximate surface area is 143 Å². The van der Waals surface area contributed by atoms with Crippen molar-refractivity contribution in [3.63, 3.8) is 0 Å². The Balaban J connectivity index is 1.96. The first-order valence-corrected chi connectivity index (χ1v) is 8.44. The van der Waals surface area contributed by atoms with E-state index in [1.807, 2.05) is 13.8 Å². The van der Waals surface area contributed by atoms with Gasteiger partial charge in [-0.25, -0.2) is 4.39 Å². The average Bonchev–Trinajstić information content (AvgIpc) is 3.12. The normalized spacial score (nSPS) is 11.8. The van der Waals surface area contributed by atoms with Crippen LogP contribution in [0.1, 0.15) is 36.3 Å². The lowest BCUT2D eigenvalue weighted by Crippen LogP contribution is -2.45. The maximum absolute atomic E-state index is 12.9. The standard InChI is InChI=1S/C16H19FN4O2S/c1-3-11(2)21(16(23)14-10-24-20-19-14)9-15(22)18-8-12-4-6-13(17)7-5-12/h4-7,10-11H,3,8-9H2,1-2H3,(H,18,22)/t11-/m1/s1. The summed E-state index contributed by atoms with van der Waals surface area (Å²) in [5, 5.41) is 8.08. The number of benzene rings is 1. The first-order chi connectivity index (χ1) is 11.5. The molecule has 2 rings (SSSR count). The third-order valence-electron chi connectivity index (χ3n) is 3.68. The van der Waals surface area contributed by atoms with Crippen molar-refractivity contribution in [2.45, 2.75) is 32.9 Å². The van der Waals surface area contributed by atoms with Crippen LogP contribution >= 0.6 is 11.5 Å². The molecule has 0 saturated carbocycles. The number of carbonyl (C=O) groups is 2. The Bertz CT molecular complexity index is 676. The molecule has 0 unspecified atom stereocenters. The van der Waals surface area contributed by atoms with Crippen molar-refractivity contribution < 1.29 is 14.0 Å². The summed E-state index contributed by atoms with van der Waals surface area (Å²) < 4.78 is 16.6. The quantitative estimate of drug-likeness (QED) is 0.831. The van der Waals surface area contributed by atoms with Gasteiger partial charge in [-0.3, -0.25) is 9.59 Å². The van der Waals surface area contributed by atoms with Crippen molar-refractivity contribution in [1.29, 1.82) is 0 Å². The predicted molar refractivity (Wildman–Crippen MR) is 88.9 cm³/mol. The first-order valence-electron chi connectivity index (χ1n) is 7.60. The summed E-state index contributed by atoms with van der Waals surface area (Å²) in [6.45, 7) is 4.04. The molecular weight excluding hydrogens is 331 g/mol. The first kappa shape index (κ1) is 18.0. The van der Waals surface area contributed by atoms with Gasteiger partial charge in [0, 0.05) is 18.0 Å². The lowest BCUT2D eigenvalue weighted by molar-refractivity contribution is -0.122. The summed E-state index contributed by atoms with van der Waals surface area (Å²) in [5.74, 6) is -0.915. The highest BCUT2D eigenvalue weighted by Crippen LogP contribution is 2.10. The minimum Gasteiger partial charge on any atom is -0.350 e. The third-order valence-corrected chi connectivity index (χ3v) is 4.18. The molecule has 0 aliphatic carbocycles. The molecule has 0 aliphatic rings. The lowest BCUT2D eigenvalue weighted by atomic mass is 10.2. The fourth-order valence-corrected chi connectivity index (χ4v) is 2.50. The smallest absolute Gasteiger partial charge is 0.276 e. The molecule has 1 heterocycles. The second kappa shape index (κ2) is 8.49. The summed E-state index contributed by atoms with van der Waals surface area (Å²) in [4.78, 5) is 26.1. The molecule has 2 aromatic rings. The van der Waals surface area contributed by atoms with E-state index in [1.165, 1.54) is 17.0 Å². The molecule has 0 aliphatic heterocycles. The minimum atomic E-state index is -0.324. The molecule has 1 N–H and O–H groups in total. The predicted octanol–water partition coefficient (Wildman–Crippen LogP) is 2.23. The Hall–Kier alpha value is -2.35. The van der Waals surface area contributed by atoms with Gasteiger partial charge in [0.2, 0.25) is 5.91 Å². The molecule has 0 bridgehead atoms. The van der Waals surface area contributed by atoms with Crippen LogP contribution in [0.15, 0.2) is 29.6 Å². The van der Waals surface area contributed by atoms with Gasteiger partial charge in [0.15, 0.2) is 5.69 Å². The van der Waals surface area contributed by atoms with Crippen LogP contribution in [-0.2, 0) is 11.3 Å². The highest BCUT2D eigenvalue weighted by Gasteiger charge is 2.24. The number of hydrogen-bond acceptors (Lipinski definition) is 5. The molecule has 6 nitrogen and oxygen atoms in total. The number of aromatic nitrogens is 2. The van der Waals surface area contributed by atoms with Crippen LogP contribution in [0.2, 0.25) is 0 Å². The summed E-state index contributed by atoms with van der Waals surface area (Å²) in [6.07, 6.45) is 0.717. The van der Waals surface area contributed by atoms with Crippen molar-refractivity contribution in [2.24, 2.45) is 0 Å². The molecule has 0 fully saturated rings. The van der Waals surface area contributed by atoms with Crippen molar-refractivity contribution in [3.05, 3.63) is 46.7 Å². The van der Waals surface area contributed by atoms with Crippen LogP contribution in [0.4, 0.5) is 4.39 Å². The maximum Gasteiger partial charge on any atom is 0.276 e. The topological polar surface area (TPSA) is 75.2 Å². The number of nitrogens with one attached hydrogen (secondary N) is 1. The molecule has 0 radical (unpaired) electrons. The lowest BCUT2D eigenvalue weighted by Gasteiger charge is -2.27. The Morgan fingerprint density at radius 3 is 2.62 bits per heavy atom. The number of rotatable bonds is 7. The van der Waals surface area contributed by atoms with Crippen molar-refractivity contribution in [3.8, 4) is 0 Å². The highest BCUT2D eigenvalue weighted by molar-refractivity contribution is 7.03. The zero-order valence-electron chi connectivity index (χ0n) is 13.5. The van der Waals surface area contributed by atoms with E-state index in [0.29, 0.717) is 6.42 Å². The van der Waals surface area contributed by atoms with E-state index < -0.39 is 0 Å². The molecule has 1 aromatic heterocycles. The molecule has 128 valence electrons. The molecule has 1 aromatic carbocycles. The average molecular weight is 350 g/mol. The van der Waals surface area contributed by atoms with E-state index >= 15 is 0 Å². The number of nitrogens with zero attached hydrogens (tertiary/aromatic N) is 3. The largest absolute Gasteiger partial charge is 0.350 e. The summed E-state index contributed by atoms with van der Waals surface area (Å²) in [7, 11) is 0. The molecule has 2 amide bonds. The van der Waals surface area contributed by atoms with Crippen LogP contribution in [0, 0.1) is 5.82 Å². The van der Waals surface area contributed by atoms with Gasteiger partial charge in [0.1, 0.15) is 12.4 Å². The van der Waals surface area contributed by atoms with Crippen molar-refractivity contribution in [2.75, 3.05) is 6.54 Å². The summed E-state index contributed by atoms with van der Waals surface area (Å²) in [6, 6.07) is 5.79. The zero-order chi connectivity index (χ0) is 17.5. The Morgan fingerprint density at radius 1 is 1.33 bits per heavy atom. The van der Waals surface area contributed by atoms with Gasteiger partial charge in [0.25, 0.3) is 5.91 Å². The van der Waals surface area contributed by atoms with E-state index in [-0.39, 0.29) is 42.5 Å². The number of hydrogen-bond donors (Lipinski definition) is 1. The van der Waals surface area contributed by atoms with Gasteiger partial charge in [-0.05, 0) is 42.6 Å². The molecule has 0 spiro atoms. The molecular formula is C16H19FN4O2S. The van der Waals surface area contributed by atoms with Gasteiger partial charge in [-0.1, -0.05) is 23.5 Å². The van der Waals surface area contributed by atoms with Crippen molar-refractivity contribution in [1.82, 2.24) is 19.8 Å². The summed E-state index contributed by atoms with van der Waals surface area (Å²) >= 11 is 1.09. The van der Waals surface area contributed by atoms with Gasteiger partial charge >= 0.3 is 0 Å². The van der Waals surface area contributed by atoms with Crippen LogP contribution < -0.4 is 5.32 Å². The SMILES string of the molecule is CC[C@@H](C)N(CC(=O)NCc1ccc(F)cc1)C(=O)c1csnn1. The Kier molecular flexibility index (Phi) is 6.36. The Morgan fingerprint density at radius 2 is 2.04 bits per heavy atom.